The zero-order valence-corrected chi connectivity index (χ0v) is 10.4. The second kappa shape index (κ2) is 4.76. The number of fused-ring (bicyclic) bond motifs is 1. The van der Waals surface area contributed by atoms with Crippen molar-refractivity contribution in [2.45, 2.75) is 18.9 Å². The molecule has 1 atom stereocenters. The molecule has 0 amide bonds. The lowest BCUT2D eigenvalue weighted by molar-refractivity contribution is 0.0297. The van der Waals surface area contributed by atoms with Crippen LogP contribution < -0.4 is 0 Å². The van der Waals surface area contributed by atoms with E-state index in [2.05, 4.69) is 0 Å². The number of carbonyl (C=O) groups excluding carboxylic acids is 1. The third kappa shape index (κ3) is 2.32. The highest BCUT2D eigenvalue weighted by atomic mass is 16.5. The number of carbonyl (C=O) groups is 1. The maximum absolute atomic E-state index is 12.1. The number of phenolic OH excluding ortho intramolecular Hbond substituents is 1. The summed E-state index contributed by atoms with van der Waals surface area (Å²) in [5.41, 5.74) is 2.50. The van der Waals surface area contributed by atoms with Gasteiger partial charge in [-0.15, -0.1) is 0 Å². The van der Waals surface area contributed by atoms with Crippen molar-refractivity contribution in [3.05, 3.63) is 65.2 Å². The first-order valence-electron chi connectivity index (χ1n) is 6.32. The molecular weight excluding hydrogens is 240 g/mol. The summed E-state index contributed by atoms with van der Waals surface area (Å²) in [5, 5.41) is 9.51. The number of rotatable bonds is 1. The zero-order chi connectivity index (χ0) is 13.2. The highest BCUT2D eigenvalue weighted by molar-refractivity contribution is 5.91. The molecule has 1 aliphatic heterocycles. The fraction of sp³-hybridized carbons (Fsp3) is 0.188. The molecule has 1 N–H and O–H groups in total. The van der Waals surface area contributed by atoms with Crippen molar-refractivity contribution in [2.75, 3.05) is 0 Å². The van der Waals surface area contributed by atoms with Gasteiger partial charge in [-0.2, -0.15) is 0 Å². The lowest BCUT2D eigenvalue weighted by atomic mass is 10.00. The third-order valence-corrected chi connectivity index (χ3v) is 3.40. The molecule has 2 aromatic carbocycles. The molecule has 1 heterocycles. The first kappa shape index (κ1) is 11.8. The Morgan fingerprint density at radius 1 is 1.11 bits per heavy atom. The summed E-state index contributed by atoms with van der Waals surface area (Å²) in [5.74, 6) is -0.100. The van der Waals surface area contributed by atoms with Crippen molar-refractivity contribution in [3.63, 3.8) is 0 Å². The van der Waals surface area contributed by atoms with E-state index >= 15 is 0 Å². The van der Waals surface area contributed by atoms with Crippen molar-refractivity contribution in [3.8, 4) is 5.75 Å². The minimum Gasteiger partial charge on any atom is -0.508 e. The molecule has 96 valence electrons. The first-order chi connectivity index (χ1) is 9.24. The van der Waals surface area contributed by atoms with Crippen molar-refractivity contribution >= 4 is 5.97 Å². The van der Waals surface area contributed by atoms with Crippen LogP contribution in [-0.2, 0) is 11.2 Å². The molecule has 0 spiro atoms. The van der Waals surface area contributed by atoms with Crippen molar-refractivity contribution in [1.29, 1.82) is 0 Å². The van der Waals surface area contributed by atoms with Crippen LogP contribution in [0.3, 0.4) is 0 Å². The Labute approximate surface area is 111 Å². The number of hydrogen-bond donors (Lipinski definition) is 1. The van der Waals surface area contributed by atoms with Crippen LogP contribution in [0.15, 0.2) is 48.5 Å². The number of hydrogen-bond acceptors (Lipinski definition) is 3. The summed E-state index contributed by atoms with van der Waals surface area (Å²) in [7, 11) is 0. The van der Waals surface area contributed by atoms with E-state index in [0.29, 0.717) is 5.56 Å². The van der Waals surface area contributed by atoms with Gasteiger partial charge in [0.15, 0.2) is 0 Å². The van der Waals surface area contributed by atoms with Gasteiger partial charge in [0.1, 0.15) is 11.9 Å². The van der Waals surface area contributed by atoms with E-state index < -0.39 is 0 Å². The highest BCUT2D eigenvalue weighted by Gasteiger charge is 2.24. The van der Waals surface area contributed by atoms with Crippen LogP contribution >= 0.6 is 0 Å². The Hall–Kier alpha value is -2.29. The second-order valence-electron chi connectivity index (χ2n) is 4.68. The Morgan fingerprint density at radius 2 is 1.95 bits per heavy atom. The number of phenols is 1. The second-order valence-corrected chi connectivity index (χ2v) is 4.68. The zero-order valence-electron chi connectivity index (χ0n) is 10.4. The summed E-state index contributed by atoms with van der Waals surface area (Å²) >= 11 is 0. The lowest BCUT2D eigenvalue weighted by Gasteiger charge is -2.15. The largest absolute Gasteiger partial charge is 0.508 e. The fourth-order valence-corrected chi connectivity index (χ4v) is 2.44. The van der Waals surface area contributed by atoms with Crippen molar-refractivity contribution < 1.29 is 14.6 Å². The Bertz CT molecular complexity index is 619. The SMILES string of the molecule is O=C1OC(c2cccc(O)c2)CCc2ccccc21. The summed E-state index contributed by atoms with van der Waals surface area (Å²) in [6, 6.07) is 14.4. The van der Waals surface area contributed by atoms with Gasteiger partial charge in [0, 0.05) is 0 Å². The number of aryl methyl sites for hydroxylation is 1. The number of esters is 1. The van der Waals surface area contributed by atoms with E-state index in [1.54, 1.807) is 24.3 Å². The van der Waals surface area contributed by atoms with E-state index in [0.717, 1.165) is 24.0 Å². The predicted molar refractivity (Wildman–Crippen MR) is 71.0 cm³/mol. The van der Waals surface area contributed by atoms with E-state index in [9.17, 15) is 9.90 Å². The number of cyclic esters (lactones) is 1. The van der Waals surface area contributed by atoms with Crippen molar-refractivity contribution in [2.24, 2.45) is 0 Å². The molecular formula is C16H14O3. The number of ether oxygens (including phenoxy) is 1. The van der Waals surface area contributed by atoms with Gasteiger partial charge in [-0.3, -0.25) is 0 Å². The predicted octanol–water partition coefficient (Wildman–Crippen LogP) is 3.24. The normalized spacial score (nSPS) is 18.3. The minimum absolute atomic E-state index is 0.190. The maximum Gasteiger partial charge on any atom is 0.339 e. The Kier molecular flexibility index (Phi) is 2.95. The fourth-order valence-electron chi connectivity index (χ4n) is 2.44. The van der Waals surface area contributed by atoms with Gasteiger partial charge >= 0.3 is 5.97 Å². The Morgan fingerprint density at radius 3 is 2.79 bits per heavy atom. The molecule has 3 nitrogen and oxygen atoms in total. The van der Waals surface area contributed by atoms with Gasteiger partial charge in [0.05, 0.1) is 5.56 Å². The summed E-state index contributed by atoms with van der Waals surface area (Å²) < 4.78 is 5.53. The smallest absolute Gasteiger partial charge is 0.339 e. The molecule has 0 saturated heterocycles. The van der Waals surface area contributed by atoms with Crippen LogP contribution in [0.5, 0.6) is 5.75 Å². The Balaban J connectivity index is 1.91. The van der Waals surface area contributed by atoms with Crippen LogP contribution in [0.4, 0.5) is 0 Å². The quantitative estimate of drug-likeness (QED) is 0.795. The average molecular weight is 254 g/mol. The summed E-state index contributed by atoms with van der Waals surface area (Å²) in [4.78, 5) is 12.1. The first-order valence-corrected chi connectivity index (χ1v) is 6.32. The molecule has 2 aromatic rings. The topological polar surface area (TPSA) is 46.5 Å². The average Bonchev–Trinajstić information content (AvgIpc) is 2.59. The van der Waals surface area contributed by atoms with Crippen LogP contribution in [0.2, 0.25) is 0 Å². The molecule has 0 bridgehead atoms. The monoisotopic (exact) mass is 254 g/mol. The molecule has 3 heteroatoms. The van der Waals surface area contributed by atoms with E-state index in [1.807, 2.05) is 24.3 Å². The molecule has 0 fully saturated rings. The van der Waals surface area contributed by atoms with Gasteiger partial charge in [-0.1, -0.05) is 30.3 Å². The van der Waals surface area contributed by atoms with Gasteiger partial charge in [-0.25, -0.2) is 4.79 Å². The molecule has 0 saturated carbocycles. The maximum atomic E-state index is 12.1. The summed E-state index contributed by atoms with van der Waals surface area (Å²) in [6.07, 6.45) is 1.22. The third-order valence-electron chi connectivity index (χ3n) is 3.40. The summed E-state index contributed by atoms with van der Waals surface area (Å²) in [6.45, 7) is 0. The standard InChI is InChI=1S/C16H14O3/c17-13-6-3-5-12(10-13)15-9-8-11-4-1-2-7-14(11)16(18)19-15/h1-7,10,15,17H,8-9H2. The van der Waals surface area contributed by atoms with Crippen molar-refractivity contribution in [1.82, 2.24) is 0 Å². The number of aromatic hydroxyl groups is 1. The number of benzene rings is 2. The molecule has 1 aliphatic rings. The molecule has 19 heavy (non-hydrogen) atoms. The molecule has 3 rings (SSSR count). The highest BCUT2D eigenvalue weighted by Crippen LogP contribution is 2.30. The van der Waals surface area contributed by atoms with E-state index in [1.165, 1.54) is 0 Å². The molecule has 0 aliphatic carbocycles. The van der Waals surface area contributed by atoms with Crippen LogP contribution in [-0.4, -0.2) is 11.1 Å². The minimum atomic E-state index is -0.299. The lowest BCUT2D eigenvalue weighted by Crippen LogP contribution is -2.09. The van der Waals surface area contributed by atoms with E-state index in [4.69, 9.17) is 4.74 Å². The van der Waals surface area contributed by atoms with Crippen LogP contribution in [0.1, 0.15) is 34.0 Å². The van der Waals surface area contributed by atoms with E-state index in [-0.39, 0.29) is 17.8 Å². The van der Waals surface area contributed by atoms with Gasteiger partial charge in [-0.05, 0) is 42.2 Å². The molecule has 0 radical (unpaired) electrons. The van der Waals surface area contributed by atoms with Crippen LogP contribution in [0, 0.1) is 0 Å². The van der Waals surface area contributed by atoms with Gasteiger partial charge in [0.25, 0.3) is 0 Å². The molecule has 1 unspecified atom stereocenters. The molecule has 0 aromatic heterocycles. The van der Waals surface area contributed by atoms with Gasteiger partial charge < -0.3 is 9.84 Å². The van der Waals surface area contributed by atoms with Gasteiger partial charge in [0.2, 0.25) is 0 Å². The van der Waals surface area contributed by atoms with Crippen LogP contribution in [0.25, 0.3) is 0 Å².